The molecule has 6 heteroatoms. The highest BCUT2D eigenvalue weighted by Crippen LogP contribution is 2.27. The van der Waals surface area contributed by atoms with E-state index in [1.807, 2.05) is 24.3 Å². The summed E-state index contributed by atoms with van der Waals surface area (Å²) in [6.07, 6.45) is 2.76. The zero-order valence-corrected chi connectivity index (χ0v) is 13.5. The summed E-state index contributed by atoms with van der Waals surface area (Å²) in [5.74, 6) is 1.36. The average molecular weight is 329 g/mol. The Labute approximate surface area is 140 Å². The molecule has 2 aromatic rings. The quantitative estimate of drug-likeness (QED) is 0.464. The molecule has 0 aliphatic carbocycles. The maximum Gasteiger partial charge on any atom is 0.267 e. The Morgan fingerprint density at radius 2 is 1.75 bits per heavy atom. The first-order valence-electron chi connectivity index (χ1n) is 7.22. The SMILES string of the molecule is COc1ccc(COc2cc(OC)ccc2/C=C/C(=O)NO)cc1. The van der Waals surface area contributed by atoms with Gasteiger partial charge in [0.1, 0.15) is 23.9 Å². The molecular weight excluding hydrogens is 310 g/mol. The van der Waals surface area contributed by atoms with E-state index in [4.69, 9.17) is 19.4 Å². The third kappa shape index (κ3) is 4.76. The molecule has 0 aliphatic heterocycles. The number of hydroxylamine groups is 1. The molecule has 0 fully saturated rings. The average Bonchev–Trinajstić information content (AvgIpc) is 2.64. The Morgan fingerprint density at radius 1 is 1.08 bits per heavy atom. The predicted molar refractivity (Wildman–Crippen MR) is 89.3 cm³/mol. The monoisotopic (exact) mass is 329 g/mol. The van der Waals surface area contributed by atoms with Crippen molar-refractivity contribution in [1.82, 2.24) is 5.48 Å². The van der Waals surface area contributed by atoms with Crippen LogP contribution in [0.1, 0.15) is 11.1 Å². The van der Waals surface area contributed by atoms with Gasteiger partial charge in [-0.25, -0.2) is 5.48 Å². The van der Waals surface area contributed by atoms with Crippen LogP contribution >= 0.6 is 0 Å². The van der Waals surface area contributed by atoms with Crippen LogP contribution in [0.4, 0.5) is 0 Å². The highest BCUT2D eigenvalue weighted by Gasteiger charge is 2.05. The lowest BCUT2D eigenvalue weighted by molar-refractivity contribution is -0.124. The van der Waals surface area contributed by atoms with Gasteiger partial charge in [-0.1, -0.05) is 12.1 Å². The topological polar surface area (TPSA) is 77.0 Å². The molecule has 0 bridgehead atoms. The smallest absolute Gasteiger partial charge is 0.267 e. The molecule has 1 amide bonds. The van der Waals surface area contributed by atoms with Gasteiger partial charge in [-0.3, -0.25) is 10.0 Å². The van der Waals surface area contributed by atoms with Gasteiger partial charge in [0.15, 0.2) is 0 Å². The second-order valence-corrected chi connectivity index (χ2v) is 4.85. The summed E-state index contributed by atoms with van der Waals surface area (Å²) in [4.78, 5) is 11.1. The van der Waals surface area contributed by atoms with E-state index in [0.29, 0.717) is 23.7 Å². The van der Waals surface area contributed by atoms with Gasteiger partial charge >= 0.3 is 0 Å². The molecule has 0 heterocycles. The van der Waals surface area contributed by atoms with E-state index in [9.17, 15) is 4.79 Å². The summed E-state index contributed by atoms with van der Waals surface area (Å²) in [5.41, 5.74) is 3.20. The third-order valence-electron chi connectivity index (χ3n) is 3.30. The number of carbonyl (C=O) groups is 1. The number of methoxy groups -OCH3 is 2. The van der Waals surface area contributed by atoms with Crippen LogP contribution in [0, 0.1) is 0 Å². The highest BCUT2D eigenvalue weighted by molar-refractivity contribution is 5.91. The van der Waals surface area contributed by atoms with Crippen molar-refractivity contribution < 1.29 is 24.2 Å². The van der Waals surface area contributed by atoms with Gasteiger partial charge in [0.2, 0.25) is 0 Å². The molecule has 6 nitrogen and oxygen atoms in total. The maximum atomic E-state index is 11.1. The van der Waals surface area contributed by atoms with E-state index in [1.165, 1.54) is 6.08 Å². The second-order valence-electron chi connectivity index (χ2n) is 4.85. The van der Waals surface area contributed by atoms with E-state index >= 15 is 0 Å². The van der Waals surface area contributed by atoms with Crippen molar-refractivity contribution in [2.45, 2.75) is 6.61 Å². The van der Waals surface area contributed by atoms with Crippen LogP contribution in [-0.2, 0) is 11.4 Å². The van der Waals surface area contributed by atoms with Crippen molar-refractivity contribution in [3.05, 3.63) is 59.7 Å². The summed E-state index contributed by atoms with van der Waals surface area (Å²) in [5, 5.41) is 8.55. The van der Waals surface area contributed by atoms with Crippen molar-refractivity contribution in [2.24, 2.45) is 0 Å². The molecular formula is C18H19NO5. The molecule has 2 aromatic carbocycles. The minimum atomic E-state index is -0.619. The van der Waals surface area contributed by atoms with Crippen LogP contribution < -0.4 is 19.7 Å². The zero-order chi connectivity index (χ0) is 17.4. The van der Waals surface area contributed by atoms with Gasteiger partial charge in [-0.2, -0.15) is 0 Å². The molecule has 2 rings (SSSR count). The van der Waals surface area contributed by atoms with E-state index < -0.39 is 5.91 Å². The largest absolute Gasteiger partial charge is 0.497 e. The summed E-state index contributed by atoms with van der Waals surface area (Å²) in [7, 11) is 3.18. The standard InChI is InChI=1S/C18H19NO5/c1-22-15-7-3-13(4-8-15)12-24-17-11-16(23-2)9-5-14(17)6-10-18(20)19-21/h3-11,21H,12H2,1-2H3,(H,19,20)/b10-6+. The fraction of sp³-hybridized carbons (Fsp3) is 0.167. The first-order chi connectivity index (χ1) is 11.7. The summed E-state index contributed by atoms with van der Waals surface area (Å²) in [6.45, 7) is 0.351. The van der Waals surface area contributed by atoms with E-state index in [0.717, 1.165) is 11.3 Å². The van der Waals surface area contributed by atoms with Gasteiger partial charge in [0.25, 0.3) is 5.91 Å². The van der Waals surface area contributed by atoms with Gasteiger partial charge < -0.3 is 14.2 Å². The van der Waals surface area contributed by atoms with Crippen molar-refractivity contribution in [1.29, 1.82) is 0 Å². The van der Waals surface area contributed by atoms with E-state index in [-0.39, 0.29) is 0 Å². The summed E-state index contributed by atoms with van der Waals surface area (Å²) in [6, 6.07) is 12.8. The number of benzene rings is 2. The Hall–Kier alpha value is -2.99. The molecule has 0 unspecified atom stereocenters. The van der Waals surface area contributed by atoms with Crippen molar-refractivity contribution >= 4 is 12.0 Å². The number of hydrogen-bond acceptors (Lipinski definition) is 5. The number of amides is 1. The number of ether oxygens (including phenoxy) is 3. The zero-order valence-electron chi connectivity index (χ0n) is 13.5. The normalized spacial score (nSPS) is 10.5. The molecule has 126 valence electrons. The first-order valence-corrected chi connectivity index (χ1v) is 7.22. The van der Waals surface area contributed by atoms with Gasteiger partial charge in [-0.15, -0.1) is 0 Å². The third-order valence-corrected chi connectivity index (χ3v) is 3.30. The number of nitrogens with one attached hydrogen (secondary N) is 1. The number of hydrogen-bond donors (Lipinski definition) is 2. The number of carbonyl (C=O) groups excluding carboxylic acids is 1. The summed E-state index contributed by atoms with van der Waals surface area (Å²) < 4.78 is 16.2. The molecule has 24 heavy (non-hydrogen) atoms. The Bertz CT molecular complexity index is 710. The molecule has 0 aliphatic rings. The molecule has 0 radical (unpaired) electrons. The second kappa shape index (κ2) is 8.59. The highest BCUT2D eigenvalue weighted by atomic mass is 16.5. The Balaban J connectivity index is 2.16. The van der Waals surface area contributed by atoms with Crippen molar-refractivity contribution in [3.63, 3.8) is 0 Å². The molecule has 0 aromatic heterocycles. The molecule has 0 atom stereocenters. The first kappa shape index (κ1) is 17.4. The molecule has 0 spiro atoms. The van der Waals surface area contributed by atoms with E-state index in [1.54, 1.807) is 44.0 Å². The minimum absolute atomic E-state index is 0.351. The van der Waals surface area contributed by atoms with Crippen LogP contribution in [0.5, 0.6) is 17.2 Å². The van der Waals surface area contributed by atoms with Crippen LogP contribution in [-0.4, -0.2) is 25.3 Å². The van der Waals surface area contributed by atoms with Crippen LogP contribution in [0.2, 0.25) is 0 Å². The Morgan fingerprint density at radius 3 is 2.38 bits per heavy atom. The lowest BCUT2D eigenvalue weighted by Gasteiger charge is -2.11. The van der Waals surface area contributed by atoms with Crippen LogP contribution in [0.3, 0.4) is 0 Å². The molecule has 0 saturated heterocycles. The predicted octanol–water partition coefficient (Wildman–Crippen LogP) is 2.80. The van der Waals surface area contributed by atoms with Crippen molar-refractivity contribution in [3.8, 4) is 17.2 Å². The fourth-order valence-corrected chi connectivity index (χ4v) is 1.99. The van der Waals surface area contributed by atoms with Crippen LogP contribution in [0.15, 0.2) is 48.5 Å². The lowest BCUT2D eigenvalue weighted by atomic mass is 10.1. The molecule has 0 saturated carbocycles. The minimum Gasteiger partial charge on any atom is -0.497 e. The molecule has 2 N–H and O–H groups in total. The number of rotatable bonds is 7. The van der Waals surface area contributed by atoms with Crippen molar-refractivity contribution in [2.75, 3.05) is 14.2 Å². The van der Waals surface area contributed by atoms with E-state index in [2.05, 4.69) is 0 Å². The Kier molecular flexibility index (Phi) is 6.22. The fourth-order valence-electron chi connectivity index (χ4n) is 1.99. The summed E-state index contributed by atoms with van der Waals surface area (Å²) >= 11 is 0. The van der Waals surface area contributed by atoms with Gasteiger partial charge in [0, 0.05) is 17.7 Å². The van der Waals surface area contributed by atoms with Gasteiger partial charge in [-0.05, 0) is 35.9 Å². The van der Waals surface area contributed by atoms with Gasteiger partial charge in [0.05, 0.1) is 14.2 Å². The lowest BCUT2D eigenvalue weighted by Crippen LogP contribution is -2.14. The maximum absolute atomic E-state index is 11.1. The van der Waals surface area contributed by atoms with Crippen LogP contribution in [0.25, 0.3) is 6.08 Å².